The van der Waals surface area contributed by atoms with Gasteiger partial charge in [0.1, 0.15) is 5.82 Å². The summed E-state index contributed by atoms with van der Waals surface area (Å²) in [5.74, 6) is 0.325. The normalized spacial score (nSPS) is 12.1. The van der Waals surface area contributed by atoms with Gasteiger partial charge in [-0.3, -0.25) is 10.1 Å². The number of carbonyl (C=O) groups excluding carboxylic acids is 2. The van der Waals surface area contributed by atoms with Crippen molar-refractivity contribution in [3.63, 3.8) is 0 Å². The summed E-state index contributed by atoms with van der Waals surface area (Å²) in [7, 11) is 1.63. The first-order valence-corrected chi connectivity index (χ1v) is 9.52. The fourth-order valence-electron chi connectivity index (χ4n) is 2.52. The van der Waals surface area contributed by atoms with Crippen molar-refractivity contribution in [2.45, 2.75) is 37.2 Å². The average molecular weight is 391 g/mol. The quantitative estimate of drug-likeness (QED) is 0.631. The van der Waals surface area contributed by atoms with E-state index in [1.165, 1.54) is 11.8 Å². The van der Waals surface area contributed by atoms with Crippen molar-refractivity contribution in [3.05, 3.63) is 41.7 Å². The lowest BCUT2D eigenvalue weighted by Crippen LogP contribution is -2.42. The van der Waals surface area contributed by atoms with E-state index in [1.807, 2.05) is 48.7 Å². The molecule has 9 heteroatoms. The summed E-state index contributed by atoms with van der Waals surface area (Å²) < 4.78 is 7.15. The van der Waals surface area contributed by atoms with Crippen LogP contribution in [0.15, 0.2) is 35.5 Å². The Morgan fingerprint density at radius 3 is 2.56 bits per heavy atom. The monoisotopic (exact) mass is 391 g/mol. The van der Waals surface area contributed by atoms with Crippen LogP contribution in [0.2, 0.25) is 0 Å². The molecule has 3 N–H and O–H groups in total. The summed E-state index contributed by atoms with van der Waals surface area (Å²) in [6, 6.07) is 9.11. The van der Waals surface area contributed by atoms with Crippen LogP contribution in [0, 0.1) is 5.92 Å². The highest BCUT2D eigenvalue weighted by Gasteiger charge is 2.27. The van der Waals surface area contributed by atoms with Crippen LogP contribution < -0.4 is 11.1 Å². The third-order valence-corrected chi connectivity index (χ3v) is 5.39. The Hall–Kier alpha value is -2.39. The minimum Gasteiger partial charge on any atom is -0.383 e. The first kappa shape index (κ1) is 20.9. The van der Waals surface area contributed by atoms with E-state index in [0.717, 1.165) is 11.4 Å². The molecule has 0 aliphatic rings. The fraction of sp³-hybridized carbons (Fsp3) is 0.444. The minimum atomic E-state index is -0.864. The van der Waals surface area contributed by atoms with Crippen LogP contribution in [-0.2, 0) is 22.5 Å². The van der Waals surface area contributed by atoms with E-state index in [9.17, 15) is 9.59 Å². The fourth-order valence-corrected chi connectivity index (χ4v) is 3.60. The van der Waals surface area contributed by atoms with Gasteiger partial charge in [0.2, 0.25) is 5.91 Å². The summed E-state index contributed by atoms with van der Waals surface area (Å²) in [4.78, 5) is 23.3. The van der Waals surface area contributed by atoms with Gasteiger partial charge in [-0.15, -0.1) is 10.2 Å². The van der Waals surface area contributed by atoms with Gasteiger partial charge in [-0.2, -0.15) is 0 Å². The smallest absolute Gasteiger partial charge is 0.318 e. The lowest BCUT2D eigenvalue weighted by molar-refractivity contribution is -0.120. The zero-order valence-corrected chi connectivity index (χ0v) is 16.5. The number of ether oxygens (including phenoxy) is 1. The molecule has 0 saturated carbocycles. The molecule has 0 bridgehead atoms. The number of aromatic nitrogens is 3. The van der Waals surface area contributed by atoms with Crippen molar-refractivity contribution < 1.29 is 14.3 Å². The number of urea groups is 1. The molecule has 1 aromatic carbocycles. The molecule has 2 rings (SSSR count). The van der Waals surface area contributed by atoms with Crippen LogP contribution in [-0.4, -0.2) is 45.7 Å². The Bertz CT molecular complexity index is 764. The molecule has 0 aliphatic heterocycles. The number of amides is 3. The standard InChI is InChI=1S/C18H25N5O3S/c1-12(2)15(16(24)20-17(19)25)27-18-22-21-14(23(18)9-10-26-3)11-13-7-5-4-6-8-13/h4-8,12,15H,9-11H2,1-3H3,(H3,19,20,24,25)/t15-/m0/s1. The number of imide groups is 1. The van der Waals surface area contributed by atoms with Gasteiger partial charge in [-0.25, -0.2) is 4.79 Å². The van der Waals surface area contributed by atoms with Gasteiger partial charge in [-0.1, -0.05) is 55.9 Å². The number of thioether (sulfide) groups is 1. The molecule has 1 atom stereocenters. The summed E-state index contributed by atoms with van der Waals surface area (Å²) in [5.41, 5.74) is 6.20. The molecule has 1 aromatic heterocycles. The number of hydrogen-bond acceptors (Lipinski definition) is 6. The molecule has 8 nitrogen and oxygen atoms in total. The molecular weight excluding hydrogens is 366 g/mol. The third-order valence-electron chi connectivity index (χ3n) is 3.86. The maximum atomic E-state index is 12.3. The molecule has 1 heterocycles. The van der Waals surface area contributed by atoms with E-state index in [4.69, 9.17) is 10.5 Å². The van der Waals surface area contributed by atoms with Crippen LogP contribution in [0.1, 0.15) is 25.2 Å². The van der Waals surface area contributed by atoms with E-state index in [-0.39, 0.29) is 5.92 Å². The molecule has 2 aromatic rings. The maximum absolute atomic E-state index is 12.3. The van der Waals surface area contributed by atoms with E-state index < -0.39 is 17.2 Å². The lowest BCUT2D eigenvalue weighted by atomic mass is 10.1. The summed E-state index contributed by atoms with van der Waals surface area (Å²) in [5, 5.41) is 10.8. The minimum absolute atomic E-state index is 0.0282. The zero-order valence-electron chi connectivity index (χ0n) is 15.7. The molecule has 146 valence electrons. The lowest BCUT2D eigenvalue weighted by Gasteiger charge is -2.19. The Kier molecular flexibility index (Phi) is 7.81. The Morgan fingerprint density at radius 1 is 1.26 bits per heavy atom. The summed E-state index contributed by atoms with van der Waals surface area (Å²) in [6.07, 6.45) is 0.623. The van der Waals surface area contributed by atoms with Crippen LogP contribution in [0.25, 0.3) is 0 Å². The molecule has 0 saturated heterocycles. The van der Waals surface area contributed by atoms with Crippen molar-refractivity contribution in [2.75, 3.05) is 13.7 Å². The molecule has 3 amide bonds. The number of benzene rings is 1. The third kappa shape index (κ3) is 6.07. The number of hydrogen-bond donors (Lipinski definition) is 2. The maximum Gasteiger partial charge on any atom is 0.318 e. The highest BCUT2D eigenvalue weighted by molar-refractivity contribution is 8.00. The van der Waals surface area contributed by atoms with Gasteiger partial charge >= 0.3 is 6.03 Å². The van der Waals surface area contributed by atoms with Gasteiger partial charge in [0, 0.05) is 20.1 Å². The first-order chi connectivity index (χ1) is 12.9. The van der Waals surface area contributed by atoms with E-state index in [0.29, 0.717) is 24.7 Å². The predicted molar refractivity (Wildman–Crippen MR) is 103 cm³/mol. The van der Waals surface area contributed by atoms with E-state index >= 15 is 0 Å². The Morgan fingerprint density at radius 2 is 1.96 bits per heavy atom. The largest absolute Gasteiger partial charge is 0.383 e. The number of rotatable bonds is 9. The molecule has 0 aliphatic carbocycles. The highest BCUT2D eigenvalue weighted by atomic mass is 32.2. The van der Waals surface area contributed by atoms with Gasteiger partial charge in [-0.05, 0) is 11.5 Å². The predicted octanol–water partition coefficient (Wildman–Crippen LogP) is 1.83. The number of carbonyl (C=O) groups is 2. The van der Waals surface area contributed by atoms with Gasteiger partial charge in [0.05, 0.1) is 11.9 Å². The van der Waals surface area contributed by atoms with E-state index in [1.54, 1.807) is 7.11 Å². The second-order valence-corrected chi connectivity index (χ2v) is 7.45. The van der Waals surface area contributed by atoms with Crippen molar-refractivity contribution in [1.82, 2.24) is 20.1 Å². The molecular formula is C18H25N5O3S. The second-order valence-electron chi connectivity index (χ2n) is 6.34. The van der Waals surface area contributed by atoms with Gasteiger partial charge in [0.15, 0.2) is 5.16 Å². The average Bonchev–Trinajstić information content (AvgIpc) is 2.99. The van der Waals surface area contributed by atoms with Crippen LogP contribution in [0.3, 0.4) is 0 Å². The molecule has 0 unspecified atom stereocenters. The molecule has 0 fully saturated rings. The van der Waals surface area contributed by atoms with Gasteiger partial charge < -0.3 is 15.0 Å². The molecule has 0 spiro atoms. The van der Waals surface area contributed by atoms with E-state index in [2.05, 4.69) is 15.5 Å². The topological polar surface area (TPSA) is 112 Å². The highest BCUT2D eigenvalue weighted by Crippen LogP contribution is 2.28. The number of nitrogens with zero attached hydrogens (tertiary/aromatic N) is 3. The number of nitrogens with two attached hydrogens (primary N) is 1. The van der Waals surface area contributed by atoms with Crippen LogP contribution in [0.5, 0.6) is 0 Å². The van der Waals surface area contributed by atoms with Crippen molar-refractivity contribution in [3.8, 4) is 0 Å². The van der Waals surface area contributed by atoms with Crippen LogP contribution >= 0.6 is 11.8 Å². The number of methoxy groups -OCH3 is 1. The Labute approximate surface area is 162 Å². The first-order valence-electron chi connectivity index (χ1n) is 8.64. The van der Waals surface area contributed by atoms with Gasteiger partial charge in [0.25, 0.3) is 0 Å². The second kappa shape index (κ2) is 10.1. The SMILES string of the molecule is COCCn1c(Cc2ccccc2)nnc1S[C@H](C(=O)NC(N)=O)C(C)C. The number of nitrogens with one attached hydrogen (secondary N) is 1. The summed E-state index contributed by atoms with van der Waals surface area (Å²) in [6.45, 7) is 4.86. The summed E-state index contributed by atoms with van der Waals surface area (Å²) >= 11 is 1.27. The molecule has 0 radical (unpaired) electrons. The van der Waals surface area contributed by atoms with Crippen molar-refractivity contribution in [1.29, 1.82) is 0 Å². The van der Waals surface area contributed by atoms with Crippen LogP contribution in [0.4, 0.5) is 4.79 Å². The van der Waals surface area contributed by atoms with Crippen molar-refractivity contribution in [2.24, 2.45) is 11.7 Å². The van der Waals surface area contributed by atoms with Crippen molar-refractivity contribution >= 4 is 23.7 Å². The molecule has 27 heavy (non-hydrogen) atoms. The number of primary amides is 1. The zero-order chi connectivity index (χ0) is 19.8. The Balaban J connectivity index is 2.26.